The van der Waals surface area contributed by atoms with Crippen LogP contribution in [0.5, 0.6) is 17.2 Å². The predicted octanol–water partition coefficient (Wildman–Crippen LogP) is 3.41. The van der Waals surface area contributed by atoms with Crippen molar-refractivity contribution in [3.05, 3.63) is 83.4 Å². The first-order chi connectivity index (χ1) is 15.0. The molecule has 160 valence electrons. The molecule has 0 spiro atoms. The van der Waals surface area contributed by atoms with Gasteiger partial charge in [-0.05, 0) is 23.3 Å². The second-order valence-electron chi connectivity index (χ2n) is 6.72. The summed E-state index contributed by atoms with van der Waals surface area (Å²) < 4.78 is 16.2. The molecule has 0 saturated carbocycles. The molecule has 0 aliphatic rings. The van der Waals surface area contributed by atoms with Crippen LogP contribution in [0.15, 0.2) is 66.7 Å². The fourth-order valence-electron chi connectivity index (χ4n) is 3.12. The van der Waals surface area contributed by atoms with Gasteiger partial charge in [-0.2, -0.15) is 0 Å². The van der Waals surface area contributed by atoms with Crippen LogP contribution in [0.1, 0.15) is 21.5 Å². The molecule has 2 amide bonds. The molecule has 0 unspecified atom stereocenters. The van der Waals surface area contributed by atoms with Crippen LogP contribution in [-0.2, 0) is 11.2 Å². The second-order valence-corrected chi connectivity index (χ2v) is 6.72. The second kappa shape index (κ2) is 10.2. The molecule has 3 rings (SSSR count). The zero-order valence-corrected chi connectivity index (χ0v) is 17.4. The lowest BCUT2D eigenvalue weighted by molar-refractivity contribution is -0.118. The van der Waals surface area contributed by atoms with Crippen LogP contribution in [0.25, 0.3) is 0 Å². The van der Waals surface area contributed by atoms with Gasteiger partial charge in [-0.1, -0.05) is 48.5 Å². The maximum absolute atomic E-state index is 12.5. The minimum Gasteiger partial charge on any atom is -0.493 e. The maximum atomic E-state index is 12.5. The first-order valence-electron chi connectivity index (χ1n) is 9.62. The molecule has 0 saturated heterocycles. The fourth-order valence-corrected chi connectivity index (χ4v) is 3.12. The SMILES string of the molecule is COc1cc(NC(=O)COc2ccccc2Cc2ccccc2)c(C(N)=O)cc1OC. The fraction of sp³-hybridized carbons (Fsp3) is 0.167. The molecule has 0 fully saturated rings. The van der Waals surface area contributed by atoms with Crippen molar-refractivity contribution in [3.8, 4) is 17.2 Å². The summed E-state index contributed by atoms with van der Waals surface area (Å²) in [5, 5.41) is 2.66. The Hall–Kier alpha value is -4.00. The third kappa shape index (κ3) is 5.54. The number of hydrogen-bond donors (Lipinski definition) is 2. The molecular weight excluding hydrogens is 396 g/mol. The Kier molecular flexibility index (Phi) is 7.11. The van der Waals surface area contributed by atoms with E-state index >= 15 is 0 Å². The molecule has 3 aromatic carbocycles. The maximum Gasteiger partial charge on any atom is 0.262 e. The van der Waals surface area contributed by atoms with Gasteiger partial charge in [-0.25, -0.2) is 0 Å². The van der Waals surface area contributed by atoms with Gasteiger partial charge in [0.2, 0.25) is 0 Å². The summed E-state index contributed by atoms with van der Waals surface area (Å²) >= 11 is 0. The molecule has 0 heterocycles. The summed E-state index contributed by atoms with van der Waals surface area (Å²) in [7, 11) is 2.90. The van der Waals surface area contributed by atoms with Gasteiger partial charge in [0.15, 0.2) is 18.1 Å². The van der Waals surface area contributed by atoms with Crippen LogP contribution in [0.3, 0.4) is 0 Å². The van der Waals surface area contributed by atoms with Crippen LogP contribution in [-0.4, -0.2) is 32.6 Å². The number of rotatable bonds is 9. The van der Waals surface area contributed by atoms with Gasteiger partial charge in [0.25, 0.3) is 11.8 Å². The van der Waals surface area contributed by atoms with Gasteiger partial charge < -0.3 is 25.3 Å². The predicted molar refractivity (Wildman–Crippen MR) is 118 cm³/mol. The molecular formula is C24H24N2O5. The van der Waals surface area contributed by atoms with E-state index in [1.807, 2.05) is 54.6 Å². The van der Waals surface area contributed by atoms with Crippen molar-refractivity contribution in [1.29, 1.82) is 0 Å². The summed E-state index contributed by atoms with van der Waals surface area (Å²) in [5.41, 5.74) is 7.87. The number of hydrogen-bond acceptors (Lipinski definition) is 5. The Balaban J connectivity index is 1.72. The van der Waals surface area contributed by atoms with E-state index in [2.05, 4.69) is 5.32 Å². The van der Waals surface area contributed by atoms with Crippen LogP contribution in [0, 0.1) is 0 Å². The van der Waals surface area contributed by atoms with Gasteiger partial charge >= 0.3 is 0 Å². The van der Waals surface area contributed by atoms with E-state index < -0.39 is 11.8 Å². The third-order valence-electron chi connectivity index (χ3n) is 4.63. The van der Waals surface area contributed by atoms with E-state index in [-0.39, 0.29) is 17.9 Å². The lowest BCUT2D eigenvalue weighted by atomic mass is 10.0. The summed E-state index contributed by atoms with van der Waals surface area (Å²) in [5.74, 6) is 0.163. The lowest BCUT2D eigenvalue weighted by Gasteiger charge is -2.15. The van der Waals surface area contributed by atoms with E-state index in [1.165, 1.54) is 26.4 Å². The summed E-state index contributed by atoms with van der Waals surface area (Å²) in [6, 6.07) is 20.4. The zero-order valence-electron chi connectivity index (χ0n) is 17.4. The van der Waals surface area contributed by atoms with E-state index in [4.69, 9.17) is 19.9 Å². The Morgan fingerprint density at radius 3 is 2.19 bits per heavy atom. The van der Waals surface area contributed by atoms with Crippen molar-refractivity contribution in [1.82, 2.24) is 0 Å². The van der Waals surface area contributed by atoms with Gasteiger partial charge in [-0.15, -0.1) is 0 Å². The summed E-state index contributed by atoms with van der Waals surface area (Å²) in [6.07, 6.45) is 0.681. The molecule has 31 heavy (non-hydrogen) atoms. The van der Waals surface area contributed by atoms with Crippen LogP contribution < -0.4 is 25.3 Å². The molecule has 0 atom stereocenters. The highest BCUT2D eigenvalue weighted by Crippen LogP contribution is 2.33. The van der Waals surface area contributed by atoms with E-state index in [0.29, 0.717) is 23.7 Å². The topological polar surface area (TPSA) is 99.9 Å². The number of methoxy groups -OCH3 is 2. The van der Waals surface area contributed by atoms with E-state index in [0.717, 1.165) is 11.1 Å². The molecule has 0 aromatic heterocycles. The van der Waals surface area contributed by atoms with Crippen LogP contribution >= 0.6 is 0 Å². The normalized spacial score (nSPS) is 10.3. The highest BCUT2D eigenvalue weighted by atomic mass is 16.5. The number of nitrogens with one attached hydrogen (secondary N) is 1. The largest absolute Gasteiger partial charge is 0.493 e. The minimum atomic E-state index is -0.703. The number of anilines is 1. The Bertz CT molecular complexity index is 1070. The molecule has 7 nitrogen and oxygen atoms in total. The third-order valence-corrected chi connectivity index (χ3v) is 4.63. The number of carbonyl (C=O) groups is 2. The Labute approximate surface area is 180 Å². The summed E-state index contributed by atoms with van der Waals surface area (Å²) in [4.78, 5) is 24.3. The van der Waals surface area contributed by atoms with Crippen molar-refractivity contribution in [2.75, 3.05) is 26.1 Å². The quantitative estimate of drug-likeness (QED) is 0.553. The molecule has 3 N–H and O–H groups in total. The highest BCUT2D eigenvalue weighted by molar-refractivity contribution is 6.04. The van der Waals surface area contributed by atoms with Gasteiger partial charge in [0, 0.05) is 12.5 Å². The monoisotopic (exact) mass is 420 g/mol. The number of nitrogens with two attached hydrogens (primary N) is 1. The average molecular weight is 420 g/mol. The number of amides is 2. The van der Waals surface area contributed by atoms with Crippen LogP contribution in [0.2, 0.25) is 0 Å². The number of benzene rings is 3. The molecule has 0 aliphatic carbocycles. The standard InChI is InChI=1S/C24H24N2O5/c1-29-21-13-18(24(25)28)19(14-22(21)30-2)26-23(27)15-31-20-11-7-6-10-17(20)12-16-8-4-3-5-9-16/h3-11,13-14H,12,15H2,1-2H3,(H2,25,28)(H,26,27). The molecule has 0 aliphatic heterocycles. The van der Waals surface area contributed by atoms with E-state index in [9.17, 15) is 9.59 Å². The van der Waals surface area contributed by atoms with Crippen molar-refractivity contribution in [2.24, 2.45) is 5.73 Å². The molecule has 0 radical (unpaired) electrons. The summed E-state index contributed by atoms with van der Waals surface area (Å²) in [6.45, 7) is -0.238. The molecule has 0 bridgehead atoms. The smallest absolute Gasteiger partial charge is 0.262 e. The van der Waals surface area contributed by atoms with Gasteiger partial charge in [0.05, 0.1) is 25.5 Å². The number of primary amides is 1. The molecule has 3 aromatic rings. The van der Waals surface area contributed by atoms with Crippen molar-refractivity contribution >= 4 is 17.5 Å². The molecule has 7 heteroatoms. The van der Waals surface area contributed by atoms with Gasteiger partial charge in [0.1, 0.15) is 5.75 Å². The zero-order chi connectivity index (χ0) is 22.2. The minimum absolute atomic E-state index is 0.107. The number of ether oxygens (including phenoxy) is 3. The average Bonchev–Trinajstić information content (AvgIpc) is 2.78. The van der Waals surface area contributed by atoms with Crippen LogP contribution in [0.4, 0.5) is 5.69 Å². The van der Waals surface area contributed by atoms with E-state index in [1.54, 1.807) is 0 Å². The highest BCUT2D eigenvalue weighted by Gasteiger charge is 2.17. The first-order valence-corrected chi connectivity index (χ1v) is 9.62. The Morgan fingerprint density at radius 1 is 0.871 bits per heavy atom. The van der Waals surface area contributed by atoms with Gasteiger partial charge in [-0.3, -0.25) is 9.59 Å². The first kappa shape index (κ1) is 21.7. The number of para-hydroxylation sites is 1. The van der Waals surface area contributed by atoms with Crippen molar-refractivity contribution in [3.63, 3.8) is 0 Å². The lowest BCUT2D eigenvalue weighted by Crippen LogP contribution is -2.23. The van der Waals surface area contributed by atoms with Crippen molar-refractivity contribution in [2.45, 2.75) is 6.42 Å². The number of carbonyl (C=O) groups excluding carboxylic acids is 2. The van der Waals surface area contributed by atoms with Crippen molar-refractivity contribution < 1.29 is 23.8 Å². The Morgan fingerprint density at radius 2 is 1.52 bits per heavy atom.